The predicted molar refractivity (Wildman–Crippen MR) is 139 cm³/mol. The van der Waals surface area contributed by atoms with Gasteiger partial charge in [0.15, 0.2) is 0 Å². The minimum atomic E-state index is -0.399. The van der Waals surface area contributed by atoms with Crippen LogP contribution in [0.3, 0.4) is 0 Å². The van der Waals surface area contributed by atoms with Crippen LogP contribution in [0.5, 0.6) is 0 Å². The molecule has 1 unspecified atom stereocenters. The Morgan fingerprint density at radius 1 is 1.03 bits per heavy atom. The van der Waals surface area contributed by atoms with E-state index in [1.54, 1.807) is 4.90 Å². The molecule has 5 rings (SSSR count). The Balaban J connectivity index is 1.21. The smallest absolute Gasteiger partial charge is 0.255 e. The summed E-state index contributed by atoms with van der Waals surface area (Å²) in [4.78, 5) is 29.8. The molecule has 3 aliphatic rings. The first-order valence-corrected chi connectivity index (χ1v) is 12.9. The van der Waals surface area contributed by atoms with E-state index in [0.29, 0.717) is 18.9 Å². The Labute approximate surface area is 209 Å². The lowest BCUT2D eigenvalue weighted by molar-refractivity contribution is -0.126. The van der Waals surface area contributed by atoms with E-state index in [9.17, 15) is 9.59 Å². The van der Waals surface area contributed by atoms with Crippen molar-refractivity contribution in [2.45, 2.75) is 76.9 Å². The molecule has 3 aliphatic heterocycles. The number of hydrogen-bond acceptors (Lipinski definition) is 3. The average molecular weight is 472 g/mol. The summed E-state index contributed by atoms with van der Waals surface area (Å²) in [6, 6.07) is 15.0. The molecular weight excluding hydrogens is 434 g/mol. The van der Waals surface area contributed by atoms with Gasteiger partial charge in [-0.15, -0.1) is 0 Å². The minimum Gasteiger partial charge on any atom is -0.329 e. The molecule has 3 heterocycles. The Bertz CT molecular complexity index is 1150. The number of piperidine rings is 2. The second-order valence-corrected chi connectivity index (χ2v) is 11.5. The summed E-state index contributed by atoms with van der Waals surface area (Å²) >= 11 is 0. The highest BCUT2D eigenvalue weighted by Crippen LogP contribution is 2.34. The number of carbonyl (C=O) groups excluding carboxylic acids is 2. The van der Waals surface area contributed by atoms with Crippen molar-refractivity contribution >= 4 is 11.8 Å². The Kier molecular flexibility index (Phi) is 6.30. The third-order valence-corrected chi connectivity index (χ3v) is 7.92. The number of hydrogen-bond donors (Lipinski definition) is 1. The number of nitrogens with one attached hydrogen (secondary N) is 1. The van der Waals surface area contributed by atoms with Crippen LogP contribution in [0.15, 0.2) is 54.7 Å². The summed E-state index contributed by atoms with van der Waals surface area (Å²) < 4.78 is 0. The van der Waals surface area contributed by atoms with E-state index in [1.807, 2.05) is 6.07 Å². The number of rotatable bonds is 4. The molecule has 35 heavy (non-hydrogen) atoms. The lowest BCUT2D eigenvalue weighted by atomic mass is 9.86. The third kappa shape index (κ3) is 4.92. The van der Waals surface area contributed by atoms with Crippen molar-refractivity contribution in [1.29, 1.82) is 0 Å². The van der Waals surface area contributed by atoms with Crippen LogP contribution >= 0.6 is 0 Å². The van der Waals surface area contributed by atoms with Crippen LogP contribution in [-0.2, 0) is 23.3 Å². The predicted octanol–water partition coefficient (Wildman–Crippen LogP) is 5.11. The first-order valence-electron chi connectivity index (χ1n) is 12.9. The first-order chi connectivity index (χ1) is 16.7. The highest BCUT2D eigenvalue weighted by molar-refractivity contribution is 6.01. The number of amides is 2. The highest BCUT2D eigenvalue weighted by atomic mass is 16.2. The van der Waals surface area contributed by atoms with Crippen LogP contribution in [0.4, 0.5) is 0 Å². The summed E-state index contributed by atoms with van der Waals surface area (Å²) in [5.41, 5.74) is 6.83. The van der Waals surface area contributed by atoms with E-state index >= 15 is 0 Å². The second kappa shape index (κ2) is 9.27. The number of allylic oxidation sites excluding steroid dienone is 1. The van der Waals surface area contributed by atoms with E-state index in [4.69, 9.17) is 0 Å². The highest BCUT2D eigenvalue weighted by Gasteiger charge is 2.38. The van der Waals surface area contributed by atoms with Crippen LogP contribution in [0.25, 0.3) is 0 Å². The fourth-order valence-electron chi connectivity index (χ4n) is 5.75. The molecule has 1 atom stereocenters. The summed E-state index contributed by atoms with van der Waals surface area (Å²) in [5, 5.41) is 2.82. The van der Waals surface area contributed by atoms with Crippen molar-refractivity contribution in [2.24, 2.45) is 0 Å². The molecule has 1 N–H and O–H groups in total. The van der Waals surface area contributed by atoms with Crippen molar-refractivity contribution in [3.63, 3.8) is 0 Å². The molecule has 2 aromatic rings. The molecule has 0 aromatic heterocycles. The monoisotopic (exact) mass is 471 g/mol. The van der Waals surface area contributed by atoms with Crippen LogP contribution < -0.4 is 5.32 Å². The molecule has 0 radical (unpaired) electrons. The molecule has 2 fully saturated rings. The van der Waals surface area contributed by atoms with Crippen molar-refractivity contribution in [2.75, 3.05) is 13.1 Å². The lowest BCUT2D eigenvalue weighted by Crippen LogP contribution is -2.49. The molecular formula is C30H37N3O2. The lowest BCUT2D eigenvalue weighted by Gasteiger charge is -2.32. The van der Waals surface area contributed by atoms with Crippen molar-refractivity contribution in [3.05, 3.63) is 82.6 Å². The van der Waals surface area contributed by atoms with Crippen LogP contribution in [0.2, 0.25) is 0 Å². The van der Waals surface area contributed by atoms with Crippen molar-refractivity contribution in [1.82, 2.24) is 15.1 Å². The molecule has 2 aromatic carbocycles. The molecule has 0 aliphatic carbocycles. The maximum Gasteiger partial charge on any atom is 0.255 e. The molecule has 5 heteroatoms. The summed E-state index contributed by atoms with van der Waals surface area (Å²) in [6.07, 6.45) is 3.63. The van der Waals surface area contributed by atoms with Gasteiger partial charge in [-0.25, -0.2) is 0 Å². The van der Waals surface area contributed by atoms with Gasteiger partial charge in [0.05, 0.1) is 0 Å². The zero-order chi connectivity index (χ0) is 24.7. The van der Waals surface area contributed by atoms with Crippen LogP contribution in [-0.4, -0.2) is 40.7 Å². The number of nitrogens with zero attached hydrogens (tertiary/aromatic N) is 2. The van der Waals surface area contributed by atoms with Crippen molar-refractivity contribution in [3.8, 4) is 0 Å². The number of likely N-dealkylation sites (tertiary alicyclic amines) is 1. The number of fused-ring (bicyclic) bond motifs is 1. The molecule has 2 saturated heterocycles. The van der Waals surface area contributed by atoms with Gasteiger partial charge in [-0.2, -0.15) is 0 Å². The summed E-state index contributed by atoms with van der Waals surface area (Å²) in [6.45, 7) is 14.3. The quantitative estimate of drug-likeness (QED) is 0.674. The zero-order valence-electron chi connectivity index (χ0n) is 21.3. The van der Waals surface area contributed by atoms with Gasteiger partial charge in [-0.3, -0.25) is 14.5 Å². The largest absolute Gasteiger partial charge is 0.329 e. The van der Waals surface area contributed by atoms with E-state index in [2.05, 4.69) is 74.0 Å². The fourth-order valence-corrected chi connectivity index (χ4v) is 5.75. The molecule has 184 valence electrons. The van der Waals surface area contributed by atoms with Gasteiger partial charge in [0.2, 0.25) is 5.91 Å². The first kappa shape index (κ1) is 23.8. The third-order valence-electron chi connectivity index (χ3n) is 7.92. The Morgan fingerprint density at radius 3 is 2.51 bits per heavy atom. The van der Waals surface area contributed by atoms with Gasteiger partial charge >= 0.3 is 0 Å². The maximum atomic E-state index is 13.0. The fraction of sp³-hybridized carbons (Fsp3) is 0.467. The van der Waals surface area contributed by atoms with E-state index < -0.39 is 6.04 Å². The van der Waals surface area contributed by atoms with Gasteiger partial charge in [0.1, 0.15) is 6.04 Å². The van der Waals surface area contributed by atoms with Gasteiger partial charge in [0, 0.05) is 24.4 Å². The SMILES string of the molecule is C=C1CCC(N2Cc3cc(C4CCN(Cc5cccc(C(C)(C)C)c5)CC4)ccc3C2=O)C(=O)N1. The van der Waals surface area contributed by atoms with Gasteiger partial charge in [-0.1, -0.05) is 63.7 Å². The Hall–Kier alpha value is -2.92. The Morgan fingerprint density at radius 2 is 1.80 bits per heavy atom. The normalized spacial score (nSPS) is 21.9. The standard InChI is InChI=1S/C30H37N3O2/c1-20-8-11-27(28(34)31-20)33-19-24-17-23(9-10-26(24)29(33)35)22-12-14-32(15-13-22)18-21-6-5-7-25(16-21)30(2,3)4/h5-7,9-10,16-17,22,27H,1,8,11-15,18-19H2,2-4H3,(H,31,34). The number of benzene rings is 2. The molecule has 2 amide bonds. The van der Waals surface area contributed by atoms with Crippen LogP contribution in [0.1, 0.15) is 85.0 Å². The van der Waals surface area contributed by atoms with Gasteiger partial charge < -0.3 is 10.2 Å². The summed E-state index contributed by atoms with van der Waals surface area (Å²) in [5.74, 6) is 0.387. The zero-order valence-corrected chi connectivity index (χ0v) is 21.3. The maximum absolute atomic E-state index is 13.0. The van der Waals surface area contributed by atoms with E-state index in [1.165, 1.54) is 16.7 Å². The molecule has 0 spiro atoms. The van der Waals surface area contributed by atoms with E-state index in [-0.39, 0.29) is 17.2 Å². The van der Waals surface area contributed by atoms with E-state index in [0.717, 1.165) is 55.7 Å². The average Bonchev–Trinajstić information content (AvgIpc) is 3.15. The molecule has 0 saturated carbocycles. The molecule has 5 nitrogen and oxygen atoms in total. The van der Waals surface area contributed by atoms with Gasteiger partial charge in [-0.05, 0) is 78.4 Å². The molecule has 0 bridgehead atoms. The van der Waals surface area contributed by atoms with Crippen LogP contribution in [0, 0.1) is 0 Å². The number of carbonyl (C=O) groups is 2. The second-order valence-electron chi connectivity index (χ2n) is 11.5. The minimum absolute atomic E-state index is 0.0217. The van der Waals surface area contributed by atoms with Gasteiger partial charge in [0.25, 0.3) is 5.91 Å². The van der Waals surface area contributed by atoms with Crippen molar-refractivity contribution < 1.29 is 9.59 Å². The topological polar surface area (TPSA) is 52.7 Å². The summed E-state index contributed by atoms with van der Waals surface area (Å²) in [7, 11) is 0.